The third-order valence-electron chi connectivity index (χ3n) is 3.94. The molecule has 0 bridgehead atoms. The van der Waals surface area contributed by atoms with Crippen molar-refractivity contribution in [3.63, 3.8) is 0 Å². The molecule has 0 fully saturated rings. The summed E-state index contributed by atoms with van der Waals surface area (Å²) >= 11 is 0. The minimum atomic E-state index is -3.45. The van der Waals surface area contributed by atoms with Crippen LogP contribution in [0.3, 0.4) is 0 Å². The number of rotatable bonds is 8. The van der Waals surface area contributed by atoms with Gasteiger partial charge in [0.25, 0.3) is 0 Å². The lowest BCUT2D eigenvalue weighted by Crippen LogP contribution is -2.31. The minimum absolute atomic E-state index is 0.0602. The Morgan fingerprint density at radius 2 is 1.92 bits per heavy atom. The average molecular weight is 358 g/mol. The Kier molecular flexibility index (Phi) is 6.92. The van der Waals surface area contributed by atoms with Crippen LogP contribution in [0.25, 0.3) is 0 Å². The largest absolute Gasteiger partial charge is 0.391 e. The maximum Gasteiger partial charge on any atom is 0.207 e. The minimum Gasteiger partial charge on any atom is -0.391 e. The third kappa shape index (κ3) is 6.45. The van der Waals surface area contributed by atoms with Gasteiger partial charge >= 0.3 is 0 Å². The summed E-state index contributed by atoms with van der Waals surface area (Å²) in [6.45, 7) is 2.13. The van der Waals surface area contributed by atoms with Crippen LogP contribution in [-0.4, -0.2) is 28.8 Å². The Morgan fingerprint density at radius 3 is 2.60 bits per heavy atom. The van der Waals surface area contributed by atoms with Crippen LogP contribution in [0, 0.1) is 11.3 Å². The topological polar surface area (TPSA) is 93.3 Å². The zero-order valence-electron chi connectivity index (χ0n) is 14.2. The predicted octanol–water partition coefficient (Wildman–Crippen LogP) is 3.04. The first-order valence-electron chi connectivity index (χ1n) is 8.16. The van der Waals surface area contributed by atoms with E-state index in [4.69, 9.17) is 5.26 Å². The van der Waals surface area contributed by atoms with Crippen LogP contribution >= 0.6 is 7.37 Å². The first-order valence-corrected chi connectivity index (χ1v) is 10.2. The van der Waals surface area contributed by atoms with Gasteiger partial charge in [0.05, 0.1) is 23.9 Å². The van der Waals surface area contributed by atoms with E-state index in [1.54, 1.807) is 24.3 Å². The van der Waals surface area contributed by atoms with Crippen molar-refractivity contribution in [3.05, 3.63) is 71.3 Å². The van der Waals surface area contributed by atoms with E-state index in [2.05, 4.69) is 11.4 Å². The number of aliphatic hydroxyl groups is 1. The number of hydrogen-bond acceptors (Lipinski definition) is 4. The molecule has 0 aliphatic rings. The number of nitrogens with one attached hydrogen (secondary N) is 1. The van der Waals surface area contributed by atoms with Gasteiger partial charge in [-0.3, -0.25) is 4.57 Å². The van der Waals surface area contributed by atoms with Crippen molar-refractivity contribution < 1.29 is 14.6 Å². The van der Waals surface area contributed by atoms with Crippen molar-refractivity contribution in [2.24, 2.45) is 0 Å². The fourth-order valence-electron chi connectivity index (χ4n) is 2.64. The molecule has 0 radical (unpaired) electrons. The van der Waals surface area contributed by atoms with Crippen molar-refractivity contribution in [3.8, 4) is 6.07 Å². The lowest BCUT2D eigenvalue weighted by atomic mass is 10.1. The lowest BCUT2D eigenvalue weighted by Gasteiger charge is -2.20. The molecular weight excluding hydrogens is 335 g/mol. The SMILES string of the molecule is CC(NCC(O)CP(=O)(O)Cc1ccccc1)c1cccc(C#N)c1. The molecule has 132 valence electrons. The maximum absolute atomic E-state index is 12.3. The van der Waals surface area contributed by atoms with E-state index < -0.39 is 13.5 Å². The molecule has 6 heteroatoms. The smallest absolute Gasteiger partial charge is 0.207 e. The van der Waals surface area contributed by atoms with E-state index in [9.17, 15) is 14.6 Å². The van der Waals surface area contributed by atoms with E-state index >= 15 is 0 Å². The second-order valence-electron chi connectivity index (χ2n) is 6.19. The van der Waals surface area contributed by atoms with E-state index in [0.717, 1.165) is 11.1 Å². The fraction of sp³-hybridized carbons (Fsp3) is 0.316. The summed E-state index contributed by atoms with van der Waals surface area (Å²) in [5, 5.41) is 22.2. The highest BCUT2D eigenvalue weighted by molar-refractivity contribution is 7.57. The Balaban J connectivity index is 1.86. The van der Waals surface area contributed by atoms with Crippen LogP contribution in [0.2, 0.25) is 0 Å². The van der Waals surface area contributed by atoms with Crippen molar-refractivity contribution in [2.45, 2.75) is 25.2 Å². The molecule has 2 aromatic rings. The number of nitrogens with zero attached hydrogens (tertiary/aromatic N) is 1. The van der Waals surface area contributed by atoms with Crippen LogP contribution < -0.4 is 5.32 Å². The van der Waals surface area contributed by atoms with Gasteiger partial charge in [-0.1, -0.05) is 42.5 Å². The predicted molar refractivity (Wildman–Crippen MR) is 98.4 cm³/mol. The summed E-state index contributed by atoms with van der Waals surface area (Å²) in [6.07, 6.45) is -1.01. The molecule has 0 heterocycles. The van der Waals surface area contributed by atoms with Gasteiger partial charge < -0.3 is 15.3 Å². The molecule has 0 amide bonds. The fourth-order valence-corrected chi connectivity index (χ4v) is 4.33. The van der Waals surface area contributed by atoms with Gasteiger partial charge in [-0.2, -0.15) is 5.26 Å². The van der Waals surface area contributed by atoms with Crippen molar-refractivity contribution in [2.75, 3.05) is 12.7 Å². The van der Waals surface area contributed by atoms with Crippen molar-refractivity contribution in [1.82, 2.24) is 5.32 Å². The zero-order valence-corrected chi connectivity index (χ0v) is 15.1. The van der Waals surface area contributed by atoms with E-state index in [1.807, 2.05) is 37.3 Å². The first-order chi connectivity index (χ1) is 11.9. The summed E-state index contributed by atoms with van der Waals surface area (Å²) in [7, 11) is -3.45. The van der Waals surface area contributed by atoms with Gasteiger partial charge in [-0.05, 0) is 30.2 Å². The molecule has 3 N–H and O–H groups in total. The quantitative estimate of drug-likeness (QED) is 0.631. The summed E-state index contributed by atoms with van der Waals surface area (Å²) in [6, 6.07) is 18.4. The summed E-state index contributed by atoms with van der Waals surface area (Å²) in [5.41, 5.74) is 2.30. The van der Waals surface area contributed by atoms with Gasteiger partial charge in [0.1, 0.15) is 0 Å². The summed E-state index contributed by atoms with van der Waals surface area (Å²) in [4.78, 5) is 10.1. The number of nitriles is 1. The Hall–Kier alpha value is -1.96. The van der Waals surface area contributed by atoms with E-state index in [0.29, 0.717) is 5.56 Å². The highest BCUT2D eigenvalue weighted by Crippen LogP contribution is 2.44. The third-order valence-corrected chi connectivity index (χ3v) is 5.80. The molecule has 0 aliphatic heterocycles. The maximum atomic E-state index is 12.3. The normalized spacial score (nSPS) is 15.8. The summed E-state index contributed by atoms with van der Waals surface area (Å²) < 4.78 is 12.3. The monoisotopic (exact) mass is 358 g/mol. The van der Waals surface area contributed by atoms with Crippen molar-refractivity contribution in [1.29, 1.82) is 5.26 Å². The van der Waals surface area contributed by atoms with E-state index in [1.165, 1.54) is 0 Å². The highest BCUT2D eigenvalue weighted by Gasteiger charge is 2.23. The van der Waals surface area contributed by atoms with Crippen molar-refractivity contribution >= 4 is 7.37 Å². The van der Waals surface area contributed by atoms with Crippen LogP contribution in [0.1, 0.15) is 29.7 Å². The highest BCUT2D eigenvalue weighted by atomic mass is 31.2. The zero-order chi connectivity index (χ0) is 18.3. The molecule has 0 saturated carbocycles. The van der Waals surface area contributed by atoms with Crippen LogP contribution in [0.5, 0.6) is 0 Å². The van der Waals surface area contributed by atoms with Gasteiger partial charge in [-0.15, -0.1) is 0 Å². The standard InChI is InChI=1S/C19H23N2O3P/c1-15(18-9-5-8-17(10-18)11-20)21-12-19(22)14-25(23,24)13-16-6-3-2-4-7-16/h2-10,15,19,21-22H,12-14H2,1H3,(H,23,24). The van der Waals surface area contributed by atoms with Crippen LogP contribution in [0.4, 0.5) is 0 Å². The first kappa shape index (κ1) is 19.4. The Labute approximate surface area is 148 Å². The molecule has 3 unspecified atom stereocenters. The summed E-state index contributed by atoms with van der Waals surface area (Å²) in [5.74, 6) is 0. The molecule has 0 spiro atoms. The van der Waals surface area contributed by atoms with Crippen LogP contribution in [-0.2, 0) is 10.7 Å². The van der Waals surface area contributed by atoms with Gasteiger partial charge in [0.2, 0.25) is 7.37 Å². The molecule has 0 saturated heterocycles. The number of aliphatic hydroxyl groups excluding tert-OH is 1. The molecule has 25 heavy (non-hydrogen) atoms. The average Bonchev–Trinajstić information content (AvgIpc) is 2.59. The molecular formula is C19H23N2O3P. The molecule has 0 aromatic heterocycles. The molecule has 0 aliphatic carbocycles. The van der Waals surface area contributed by atoms with Gasteiger partial charge in [0.15, 0.2) is 0 Å². The van der Waals surface area contributed by atoms with E-state index in [-0.39, 0.29) is 24.9 Å². The molecule has 2 aromatic carbocycles. The molecule has 2 rings (SSSR count). The Morgan fingerprint density at radius 1 is 1.20 bits per heavy atom. The molecule has 5 nitrogen and oxygen atoms in total. The molecule has 3 atom stereocenters. The van der Waals surface area contributed by atoms with Gasteiger partial charge in [0, 0.05) is 18.7 Å². The number of benzene rings is 2. The second-order valence-corrected chi connectivity index (χ2v) is 8.57. The van der Waals surface area contributed by atoms with Gasteiger partial charge in [-0.25, -0.2) is 0 Å². The van der Waals surface area contributed by atoms with Crippen LogP contribution in [0.15, 0.2) is 54.6 Å². The Bertz CT molecular complexity index is 774. The number of hydrogen-bond donors (Lipinski definition) is 3. The second kappa shape index (κ2) is 8.94. The lowest BCUT2D eigenvalue weighted by molar-refractivity contribution is 0.186.